The SMILES string of the molecule is C=C(Br)CNC(=O)c1cc[nH]c(=O)c1. The quantitative estimate of drug-likeness (QED) is 0.848. The molecule has 0 aliphatic rings. The Kier molecular flexibility index (Phi) is 3.64. The van der Waals surface area contributed by atoms with Crippen molar-refractivity contribution in [3.8, 4) is 0 Å². The Bertz CT molecular complexity index is 411. The monoisotopic (exact) mass is 256 g/mol. The number of aromatic amines is 1. The number of amides is 1. The van der Waals surface area contributed by atoms with Gasteiger partial charge in [0.05, 0.1) is 0 Å². The summed E-state index contributed by atoms with van der Waals surface area (Å²) >= 11 is 3.11. The summed E-state index contributed by atoms with van der Waals surface area (Å²) in [6.45, 7) is 3.91. The van der Waals surface area contributed by atoms with E-state index in [-0.39, 0.29) is 11.5 Å². The molecule has 4 nitrogen and oxygen atoms in total. The molecule has 74 valence electrons. The van der Waals surface area contributed by atoms with E-state index in [1.54, 1.807) is 0 Å². The minimum absolute atomic E-state index is 0.295. The van der Waals surface area contributed by atoms with Gasteiger partial charge in [-0.1, -0.05) is 22.5 Å². The van der Waals surface area contributed by atoms with Crippen LogP contribution in [0.2, 0.25) is 0 Å². The summed E-state index contributed by atoms with van der Waals surface area (Å²) in [6.07, 6.45) is 1.43. The van der Waals surface area contributed by atoms with E-state index in [4.69, 9.17) is 0 Å². The molecule has 0 aromatic carbocycles. The van der Waals surface area contributed by atoms with Gasteiger partial charge in [-0.3, -0.25) is 9.59 Å². The number of hydrogen-bond acceptors (Lipinski definition) is 2. The standard InChI is InChI=1S/C9H9BrN2O2/c1-6(10)5-12-9(14)7-2-3-11-8(13)4-7/h2-4H,1,5H2,(H,11,13)(H,12,14). The molecule has 1 aromatic rings. The third-order valence-electron chi connectivity index (χ3n) is 1.48. The lowest BCUT2D eigenvalue weighted by atomic mass is 10.2. The highest BCUT2D eigenvalue weighted by atomic mass is 79.9. The molecule has 0 unspecified atom stereocenters. The van der Waals surface area contributed by atoms with E-state index in [2.05, 4.69) is 32.8 Å². The Hall–Kier alpha value is -1.36. The number of aromatic nitrogens is 1. The van der Waals surface area contributed by atoms with Crippen LogP contribution in [-0.2, 0) is 0 Å². The lowest BCUT2D eigenvalue weighted by Gasteiger charge is -2.02. The summed E-state index contributed by atoms with van der Waals surface area (Å²) in [4.78, 5) is 24.7. The molecule has 5 heteroatoms. The van der Waals surface area contributed by atoms with Gasteiger partial charge in [0.15, 0.2) is 0 Å². The van der Waals surface area contributed by atoms with Crippen LogP contribution >= 0.6 is 15.9 Å². The number of carbonyl (C=O) groups is 1. The van der Waals surface area contributed by atoms with Crippen LogP contribution in [0.25, 0.3) is 0 Å². The molecule has 1 rings (SSSR count). The van der Waals surface area contributed by atoms with Crippen molar-refractivity contribution in [3.63, 3.8) is 0 Å². The van der Waals surface area contributed by atoms with Gasteiger partial charge >= 0.3 is 0 Å². The topological polar surface area (TPSA) is 62.0 Å². The third-order valence-corrected chi connectivity index (χ3v) is 1.76. The molecular weight excluding hydrogens is 248 g/mol. The second-order valence-electron chi connectivity index (χ2n) is 2.64. The van der Waals surface area contributed by atoms with E-state index in [1.807, 2.05) is 0 Å². The molecule has 14 heavy (non-hydrogen) atoms. The van der Waals surface area contributed by atoms with Crippen molar-refractivity contribution >= 4 is 21.8 Å². The summed E-state index contributed by atoms with van der Waals surface area (Å²) in [5.74, 6) is -0.295. The molecule has 1 heterocycles. The molecule has 0 bridgehead atoms. The minimum atomic E-state index is -0.296. The van der Waals surface area contributed by atoms with Crippen molar-refractivity contribution in [2.45, 2.75) is 0 Å². The van der Waals surface area contributed by atoms with Crippen LogP contribution in [0.3, 0.4) is 0 Å². The van der Waals surface area contributed by atoms with Gasteiger partial charge in [0.1, 0.15) is 0 Å². The smallest absolute Gasteiger partial charge is 0.251 e. The average molecular weight is 257 g/mol. The van der Waals surface area contributed by atoms with E-state index in [1.165, 1.54) is 18.3 Å². The first kappa shape index (κ1) is 10.7. The molecule has 0 aliphatic carbocycles. The van der Waals surface area contributed by atoms with Gasteiger partial charge in [0.2, 0.25) is 5.56 Å². The molecular formula is C9H9BrN2O2. The molecule has 0 fully saturated rings. The van der Waals surface area contributed by atoms with Crippen molar-refractivity contribution in [2.24, 2.45) is 0 Å². The van der Waals surface area contributed by atoms with Gasteiger partial charge in [-0.05, 0) is 6.07 Å². The summed E-state index contributed by atoms with van der Waals surface area (Å²) in [5, 5.41) is 2.59. The maximum Gasteiger partial charge on any atom is 0.251 e. The van der Waals surface area contributed by atoms with Crippen LogP contribution in [0.1, 0.15) is 10.4 Å². The fourth-order valence-electron chi connectivity index (χ4n) is 0.864. The summed E-state index contributed by atoms with van der Waals surface area (Å²) in [6, 6.07) is 2.78. The number of rotatable bonds is 3. The maximum absolute atomic E-state index is 11.4. The van der Waals surface area contributed by atoms with E-state index in [0.717, 1.165) is 0 Å². The molecule has 1 amide bonds. The number of pyridine rings is 1. The van der Waals surface area contributed by atoms with Crippen LogP contribution < -0.4 is 10.9 Å². The molecule has 0 radical (unpaired) electrons. The Morgan fingerprint density at radius 2 is 2.36 bits per heavy atom. The molecule has 0 saturated carbocycles. The zero-order valence-corrected chi connectivity index (χ0v) is 8.93. The zero-order chi connectivity index (χ0) is 10.6. The highest BCUT2D eigenvalue weighted by molar-refractivity contribution is 9.11. The van der Waals surface area contributed by atoms with Gasteiger partial charge in [-0.15, -0.1) is 0 Å². The van der Waals surface area contributed by atoms with Crippen molar-refractivity contribution in [2.75, 3.05) is 6.54 Å². The number of nitrogens with one attached hydrogen (secondary N) is 2. The lowest BCUT2D eigenvalue weighted by molar-refractivity contribution is 0.0957. The highest BCUT2D eigenvalue weighted by Gasteiger charge is 2.04. The maximum atomic E-state index is 11.4. The van der Waals surface area contributed by atoms with Gasteiger partial charge < -0.3 is 10.3 Å². The number of H-pyrrole nitrogens is 1. The first-order valence-electron chi connectivity index (χ1n) is 3.90. The van der Waals surface area contributed by atoms with Crippen molar-refractivity contribution in [3.05, 3.63) is 45.3 Å². The van der Waals surface area contributed by atoms with E-state index < -0.39 is 0 Å². The summed E-state index contributed by atoms with van der Waals surface area (Å²) in [7, 11) is 0. The van der Waals surface area contributed by atoms with Crippen LogP contribution in [0.4, 0.5) is 0 Å². The summed E-state index contributed by atoms with van der Waals surface area (Å²) in [5.41, 5.74) is 0.0396. The molecule has 1 aromatic heterocycles. The van der Waals surface area contributed by atoms with Crippen molar-refractivity contribution in [1.82, 2.24) is 10.3 Å². The minimum Gasteiger partial charge on any atom is -0.347 e. The molecule has 0 spiro atoms. The first-order chi connectivity index (χ1) is 6.59. The van der Waals surface area contributed by atoms with Gasteiger partial charge in [-0.25, -0.2) is 0 Å². The Balaban J connectivity index is 2.70. The molecule has 2 N–H and O–H groups in total. The van der Waals surface area contributed by atoms with Crippen molar-refractivity contribution in [1.29, 1.82) is 0 Å². The Labute approximate surface area is 89.2 Å². The van der Waals surface area contributed by atoms with Gasteiger partial charge in [0.25, 0.3) is 5.91 Å². The predicted molar refractivity (Wildman–Crippen MR) is 57.5 cm³/mol. The van der Waals surface area contributed by atoms with Crippen molar-refractivity contribution < 1.29 is 4.79 Å². The van der Waals surface area contributed by atoms with Gasteiger partial charge in [0, 0.05) is 28.9 Å². The normalized spacial score (nSPS) is 9.50. The number of halogens is 1. The third kappa shape index (κ3) is 3.18. The van der Waals surface area contributed by atoms with Gasteiger partial charge in [-0.2, -0.15) is 0 Å². The van der Waals surface area contributed by atoms with Crippen LogP contribution in [0, 0.1) is 0 Å². The van der Waals surface area contributed by atoms with Crippen LogP contribution in [0.5, 0.6) is 0 Å². The summed E-state index contributed by atoms with van der Waals surface area (Å²) < 4.78 is 0.677. The Morgan fingerprint density at radius 3 is 2.93 bits per heavy atom. The highest BCUT2D eigenvalue weighted by Crippen LogP contribution is 1.98. The van der Waals surface area contributed by atoms with Crippen LogP contribution in [-0.4, -0.2) is 17.4 Å². The Morgan fingerprint density at radius 1 is 1.64 bits per heavy atom. The molecule has 0 atom stereocenters. The average Bonchev–Trinajstić information content (AvgIpc) is 2.14. The number of carbonyl (C=O) groups excluding carboxylic acids is 1. The van der Waals surface area contributed by atoms with E-state index >= 15 is 0 Å². The van der Waals surface area contributed by atoms with Crippen LogP contribution in [0.15, 0.2) is 34.2 Å². The molecule has 0 aliphatic heterocycles. The fourth-order valence-corrected chi connectivity index (χ4v) is 1.00. The molecule has 0 saturated heterocycles. The fraction of sp³-hybridized carbons (Fsp3) is 0.111. The van der Waals surface area contributed by atoms with E-state index in [0.29, 0.717) is 16.6 Å². The van der Waals surface area contributed by atoms with E-state index in [9.17, 15) is 9.59 Å². The predicted octanol–water partition coefficient (Wildman–Crippen LogP) is 1.01. The largest absolute Gasteiger partial charge is 0.347 e. The second kappa shape index (κ2) is 4.76. The second-order valence-corrected chi connectivity index (χ2v) is 3.76. The first-order valence-corrected chi connectivity index (χ1v) is 4.69. The zero-order valence-electron chi connectivity index (χ0n) is 7.34. The lowest BCUT2D eigenvalue weighted by Crippen LogP contribution is -2.25. The number of hydrogen-bond donors (Lipinski definition) is 2.